The Morgan fingerprint density at radius 2 is 1.57 bits per heavy atom. The Hall–Kier alpha value is -4.56. The molecule has 2 heterocycles. The van der Waals surface area contributed by atoms with Crippen molar-refractivity contribution in [2.24, 2.45) is 0 Å². The highest BCUT2D eigenvalue weighted by Crippen LogP contribution is 2.41. The number of aliphatic hydroxyl groups is 1. The van der Waals surface area contributed by atoms with Crippen LogP contribution in [0.5, 0.6) is 0 Å². The van der Waals surface area contributed by atoms with Crippen molar-refractivity contribution in [1.29, 1.82) is 0 Å². The lowest BCUT2D eigenvalue weighted by Gasteiger charge is -2.27. The standard InChI is InChI=1S/C29H22N2O5S/c1-17-26(37-27(30-17)20-10-6-3-7-11-20)24(32)22-23(19-8-4-2-5-9-19)31(28(34)25(22)33)16-18-12-14-21(15-13-18)29(35)36/h2-15,23,33H,16H2,1H3,(H,35,36). The Bertz CT molecular complexity index is 1530. The summed E-state index contributed by atoms with van der Waals surface area (Å²) >= 11 is 1.23. The molecule has 0 spiro atoms. The fourth-order valence-corrected chi connectivity index (χ4v) is 5.44. The summed E-state index contributed by atoms with van der Waals surface area (Å²) in [5.74, 6) is -2.74. The van der Waals surface area contributed by atoms with Crippen LogP contribution in [0, 0.1) is 6.92 Å². The predicted octanol–water partition coefficient (Wildman–Crippen LogP) is 5.60. The van der Waals surface area contributed by atoms with Gasteiger partial charge in [0, 0.05) is 12.1 Å². The molecule has 0 fully saturated rings. The van der Waals surface area contributed by atoms with E-state index in [0.717, 1.165) is 5.56 Å². The molecule has 5 rings (SSSR count). The molecular formula is C29H22N2O5S. The number of hydrogen-bond acceptors (Lipinski definition) is 6. The summed E-state index contributed by atoms with van der Waals surface area (Å²) < 4.78 is 0. The SMILES string of the molecule is Cc1nc(-c2ccccc2)sc1C(=O)C1=C(O)C(=O)N(Cc2ccc(C(=O)O)cc2)C1c1ccccc1. The van der Waals surface area contributed by atoms with E-state index in [1.165, 1.54) is 28.4 Å². The van der Waals surface area contributed by atoms with E-state index >= 15 is 0 Å². The van der Waals surface area contributed by atoms with Crippen molar-refractivity contribution in [3.63, 3.8) is 0 Å². The third-order valence-corrected chi connectivity index (χ3v) is 7.45. The average molecular weight is 511 g/mol. The van der Waals surface area contributed by atoms with E-state index in [2.05, 4.69) is 4.98 Å². The highest BCUT2D eigenvalue weighted by atomic mass is 32.1. The number of rotatable bonds is 7. The number of thiazole rings is 1. The second-order valence-electron chi connectivity index (χ2n) is 8.64. The molecule has 7 nitrogen and oxygen atoms in total. The normalized spacial score (nSPS) is 15.3. The first kappa shape index (κ1) is 24.1. The van der Waals surface area contributed by atoms with Crippen molar-refractivity contribution < 1.29 is 24.6 Å². The molecule has 0 saturated heterocycles. The molecule has 1 aromatic heterocycles. The summed E-state index contributed by atoms with van der Waals surface area (Å²) in [4.78, 5) is 44.7. The molecule has 0 saturated carbocycles. The number of carbonyl (C=O) groups excluding carboxylic acids is 2. The van der Waals surface area contributed by atoms with Crippen LogP contribution in [-0.2, 0) is 11.3 Å². The van der Waals surface area contributed by atoms with Gasteiger partial charge in [0.25, 0.3) is 5.91 Å². The molecule has 3 aromatic carbocycles. The van der Waals surface area contributed by atoms with Gasteiger partial charge in [-0.25, -0.2) is 9.78 Å². The van der Waals surface area contributed by atoms with Crippen LogP contribution in [-0.4, -0.2) is 37.8 Å². The van der Waals surface area contributed by atoms with Crippen molar-refractivity contribution >= 4 is 29.0 Å². The van der Waals surface area contributed by atoms with Crippen molar-refractivity contribution in [2.75, 3.05) is 0 Å². The number of aromatic nitrogens is 1. The summed E-state index contributed by atoms with van der Waals surface area (Å²) in [6.45, 7) is 1.82. The van der Waals surface area contributed by atoms with E-state index in [0.29, 0.717) is 26.7 Å². The number of carboxylic acid groups (broad SMARTS) is 1. The molecule has 1 aliphatic heterocycles. The fraction of sp³-hybridized carbons (Fsp3) is 0.103. The lowest BCUT2D eigenvalue weighted by atomic mass is 9.95. The second kappa shape index (κ2) is 9.83. The summed E-state index contributed by atoms with van der Waals surface area (Å²) in [5, 5.41) is 20.8. The molecule has 184 valence electrons. The van der Waals surface area contributed by atoms with E-state index in [9.17, 15) is 24.6 Å². The molecule has 2 N–H and O–H groups in total. The molecule has 0 radical (unpaired) electrons. The van der Waals surface area contributed by atoms with Crippen molar-refractivity contribution in [3.8, 4) is 10.6 Å². The van der Waals surface area contributed by atoms with Gasteiger partial charge < -0.3 is 15.1 Å². The van der Waals surface area contributed by atoms with Gasteiger partial charge in [-0.2, -0.15) is 0 Å². The largest absolute Gasteiger partial charge is 0.503 e. The number of aliphatic hydroxyl groups excluding tert-OH is 1. The molecule has 8 heteroatoms. The Balaban J connectivity index is 1.54. The minimum absolute atomic E-state index is 0.00437. The number of Topliss-reactive ketones (excluding diaryl/α,β-unsaturated/α-hetero) is 1. The van der Waals surface area contributed by atoms with Crippen LogP contribution < -0.4 is 0 Å². The van der Waals surface area contributed by atoms with Gasteiger partial charge in [0.15, 0.2) is 5.76 Å². The van der Waals surface area contributed by atoms with Crippen LogP contribution in [0.3, 0.4) is 0 Å². The zero-order valence-electron chi connectivity index (χ0n) is 19.8. The van der Waals surface area contributed by atoms with Gasteiger partial charge in [-0.3, -0.25) is 9.59 Å². The zero-order valence-corrected chi connectivity index (χ0v) is 20.6. The number of benzene rings is 3. The maximum absolute atomic E-state index is 13.9. The van der Waals surface area contributed by atoms with Gasteiger partial charge >= 0.3 is 5.97 Å². The van der Waals surface area contributed by atoms with Gasteiger partial charge in [-0.05, 0) is 30.2 Å². The first-order chi connectivity index (χ1) is 17.8. The summed E-state index contributed by atoms with van der Waals surface area (Å²) in [6.07, 6.45) is 0. The molecule has 37 heavy (non-hydrogen) atoms. The molecule has 1 amide bonds. The quantitative estimate of drug-likeness (QED) is 0.314. The molecule has 1 unspecified atom stereocenters. The summed E-state index contributed by atoms with van der Waals surface area (Å²) in [5.41, 5.74) is 2.88. The molecule has 4 aromatic rings. The lowest BCUT2D eigenvalue weighted by molar-refractivity contribution is -0.130. The molecule has 0 aliphatic carbocycles. The van der Waals surface area contributed by atoms with Crippen LogP contribution in [0.4, 0.5) is 0 Å². The predicted molar refractivity (Wildman–Crippen MR) is 139 cm³/mol. The smallest absolute Gasteiger partial charge is 0.335 e. The van der Waals surface area contributed by atoms with Gasteiger partial charge in [0.1, 0.15) is 5.01 Å². The van der Waals surface area contributed by atoms with Crippen LogP contribution >= 0.6 is 11.3 Å². The number of amides is 1. The van der Waals surface area contributed by atoms with E-state index in [4.69, 9.17) is 0 Å². The average Bonchev–Trinajstić information content (AvgIpc) is 3.42. The highest BCUT2D eigenvalue weighted by molar-refractivity contribution is 7.17. The zero-order chi connectivity index (χ0) is 26.1. The number of aryl methyl sites for hydroxylation is 1. The molecule has 0 bridgehead atoms. The maximum atomic E-state index is 13.9. The van der Waals surface area contributed by atoms with Gasteiger partial charge in [-0.1, -0.05) is 72.8 Å². The van der Waals surface area contributed by atoms with Gasteiger partial charge in [0.05, 0.1) is 27.7 Å². The molecule has 1 aliphatic rings. The summed E-state index contributed by atoms with van der Waals surface area (Å²) in [6, 6.07) is 23.9. The Morgan fingerprint density at radius 1 is 0.946 bits per heavy atom. The van der Waals surface area contributed by atoms with E-state index in [1.807, 2.05) is 48.5 Å². The first-order valence-corrected chi connectivity index (χ1v) is 12.4. The molecule has 1 atom stereocenters. The first-order valence-electron chi connectivity index (χ1n) is 11.5. The van der Waals surface area contributed by atoms with Crippen molar-refractivity contribution in [1.82, 2.24) is 9.88 Å². The van der Waals surface area contributed by atoms with E-state index in [1.54, 1.807) is 31.2 Å². The number of nitrogens with zero attached hydrogens (tertiary/aromatic N) is 2. The number of carbonyl (C=O) groups is 3. The lowest BCUT2D eigenvalue weighted by Crippen LogP contribution is -2.30. The number of carboxylic acids is 1. The summed E-state index contributed by atoms with van der Waals surface area (Å²) in [7, 11) is 0. The topological polar surface area (TPSA) is 108 Å². The minimum Gasteiger partial charge on any atom is -0.503 e. The fourth-order valence-electron chi connectivity index (χ4n) is 4.41. The molecular weight excluding hydrogens is 488 g/mol. The van der Waals surface area contributed by atoms with Crippen LogP contribution in [0.1, 0.15) is 42.9 Å². The maximum Gasteiger partial charge on any atom is 0.335 e. The number of aromatic carboxylic acids is 1. The Labute approximate surface area is 217 Å². The van der Waals surface area contributed by atoms with Crippen LogP contribution in [0.2, 0.25) is 0 Å². The highest BCUT2D eigenvalue weighted by Gasteiger charge is 2.44. The van der Waals surface area contributed by atoms with Crippen molar-refractivity contribution in [2.45, 2.75) is 19.5 Å². The Kier molecular flexibility index (Phi) is 6.42. The second-order valence-corrected chi connectivity index (χ2v) is 9.64. The number of hydrogen-bond donors (Lipinski definition) is 2. The van der Waals surface area contributed by atoms with Crippen LogP contribution in [0.15, 0.2) is 96.3 Å². The van der Waals surface area contributed by atoms with Crippen molar-refractivity contribution in [3.05, 3.63) is 124 Å². The minimum atomic E-state index is -1.05. The van der Waals surface area contributed by atoms with Gasteiger partial charge in [0.2, 0.25) is 5.78 Å². The Morgan fingerprint density at radius 3 is 2.19 bits per heavy atom. The monoisotopic (exact) mass is 510 g/mol. The third-order valence-electron chi connectivity index (χ3n) is 6.24. The van der Waals surface area contributed by atoms with E-state index < -0.39 is 29.5 Å². The van der Waals surface area contributed by atoms with Crippen LogP contribution in [0.25, 0.3) is 10.6 Å². The number of ketones is 1. The van der Waals surface area contributed by atoms with Gasteiger partial charge in [-0.15, -0.1) is 11.3 Å². The third kappa shape index (κ3) is 4.54. The van der Waals surface area contributed by atoms with E-state index in [-0.39, 0.29) is 17.7 Å².